The summed E-state index contributed by atoms with van der Waals surface area (Å²) >= 11 is 2.34. The van der Waals surface area contributed by atoms with E-state index in [2.05, 4.69) is 81.8 Å². The van der Waals surface area contributed by atoms with Gasteiger partial charge in [0.25, 0.3) is 0 Å². The molecule has 0 aliphatic carbocycles. The van der Waals surface area contributed by atoms with Gasteiger partial charge in [-0.15, -0.1) is 33.8 Å². The maximum Gasteiger partial charge on any atom is 0.177 e. The molecule has 2 aromatic heterocycles. The fraction of sp³-hybridized carbons (Fsp3) is 0.312. The van der Waals surface area contributed by atoms with Crippen LogP contribution in [0.3, 0.4) is 0 Å². The average Bonchev–Trinajstić information content (AvgIpc) is 3.47. The molecule has 0 amide bonds. The van der Waals surface area contributed by atoms with Crippen molar-refractivity contribution in [3.8, 4) is 22.9 Å². The lowest BCUT2D eigenvalue weighted by atomic mass is 9.91. The van der Waals surface area contributed by atoms with Crippen LogP contribution in [0, 0.1) is 33.2 Å². The number of thiophene rings is 2. The van der Waals surface area contributed by atoms with Crippen molar-refractivity contribution in [2.75, 3.05) is 0 Å². The minimum Gasteiger partial charge on any atom is -0.195 e. The summed E-state index contributed by atoms with van der Waals surface area (Å²) in [6.45, 7) is 11.2. The highest BCUT2D eigenvalue weighted by Gasteiger charge is 2.25. The molecule has 6 heteroatoms. The van der Waals surface area contributed by atoms with Gasteiger partial charge in [0, 0.05) is 31.3 Å². The molecule has 0 radical (unpaired) electrons. The topological polar surface area (TPSA) is 0 Å². The molecule has 194 valence electrons. The molecule has 0 bridgehead atoms. The van der Waals surface area contributed by atoms with Gasteiger partial charge in [0.1, 0.15) is 16.9 Å². The first-order valence-corrected chi connectivity index (χ1v) is 20.1. The number of fused-ring (bicyclic) bond motifs is 4. The second-order valence-electron chi connectivity index (χ2n) is 10.1. The Morgan fingerprint density at radius 3 is 1.55 bits per heavy atom. The van der Waals surface area contributed by atoms with Gasteiger partial charge >= 0.3 is 0 Å². The molecule has 0 spiro atoms. The fourth-order valence-corrected chi connectivity index (χ4v) is 10.7. The van der Waals surface area contributed by atoms with Gasteiger partial charge in [-0.2, -0.15) is 8.78 Å². The maximum atomic E-state index is 14.4. The average molecular weight is 575 g/mol. The van der Waals surface area contributed by atoms with E-state index >= 15 is 0 Å². The standard InChI is InChI=1S/C32H32F2S2Si2/c1-6-37(7-2)13-11-23-27-19-29-21(17-31(33)35-29)15-25(27)24(12-14-38(8-3,9-4)10-5)26-16-22-18-32(34)36-30(22)20-28(23)26/h15-20,37H,6-10H2,1-5H3. The van der Waals surface area contributed by atoms with Crippen LogP contribution in [0.1, 0.15) is 45.7 Å². The molecule has 38 heavy (non-hydrogen) atoms. The Morgan fingerprint density at radius 1 is 0.658 bits per heavy atom. The highest BCUT2D eigenvalue weighted by Crippen LogP contribution is 2.40. The lowest BCUT2D eigenvalue weighted by Crippen LogP contribution is -2.29. The lowest BCUT2D eigenvalue weighted by Gasteiger charge is -2.20. The van der Waals surface area contributed by atoms with Crippen LogP contribution in [0.2, 0.25) is 30.2 Å². The Balaban J connectivity index is 1.98. The van der Waals surface area contributed by atoms with E-state index in [0.29, 0.717) is 0 Å². The van der Waals surface area contributed by atoms with Gasteiger partial charge in [-0.25, -0.2) is 0 Å². The molecule has 0 saturated heterocycles. The van der Waals surface area contributed by atoms with Gasteiger partial charge in [-0.1, -0.05) is 58.5 Å². The van der Waals surface area contributed by atoms with E-state index in [9.17, 15) is 8.78 Å². The molecule has 0 unspecified atom stereocenters. The van der Waals surface area contributed by atoms with Gasteiger partial charge in [0.15, 0.2) is 10.3 Å². The number of hydrogen-bond acceptors (Lipinski definition) is 2. The van der Waals surface area contributed by atoms with Crippen LogP contribution in [-0.4, -0.2) is 16.9 Å². The number of benzene rings is 3. The molecular weight excluding hydrogens is 543 g/mol. The third kappa shape index (κ3) is 4.84. The van der Waals surface area contributed by atoms with Crippen LogP contribution in [0.25, 0.3) is 41.7 Å². The second kappa shape index (κ2) is 10.9. The number of halogens is 2. The molecule has 0 aliphatic heterocycles. The highest BCUT2D eigenvalue weighted by molar-refractivity contribution is 7.18. The Kier molecular flexibility index (Phi) is 7.80. The zero-order valence-electron chi connectivity index (χ0n) is 22.6. The van der Waals surface area contributed by atoms with Gasteiger partial charge in [-0.05, 0) is 76.1 Å². The SMILES string of the molecule is CC[SiH](C#Cc1c2cc3sc(F)cc3cc2c(C#C[Si](CC)(CC)CC)c2cc3cc(F)sc3cc12)CC. The first-order valence-electron chi connectivity index (χ1n) is 13.6. The molecule has 0 N–H and O–H groups in total. The van der Waals surface area contributed by atoms with Crippen LogP contribution in [-0.2, 0) is 0 Å². The van der Waals surface area contributed by atoms with Crippen molar-refractivity contribution >= 4 is 81.3 Å². The summed E-state index contributed by atoms with van der Waals surface area (Å²) in [6, 6.07) is 17.2. The molecule has 0 nitrogen and oxygen atoms in total. The Labute approximate surface area is 234 Å². The summed E-state index contributed by atoms with van der Waals surface area (Å²) in [5, 5.41) is 5.50. The van der Waals surface area contributed by atoms with Crippen molar-refractivity contribution in [3.05, 3.63) is 57.8 Å². The molecule has 0 saturated carbocycles. The minimum absolute atomic E-state index is 0.185. The zero-order valence-corrected chi connectivity index (χ0v) is 26.4. The van der Waals surface area contributed by atoms with Crippen LogP contribution < -0.4 is 0 Å². The molecule has 0 atom stereocenters. The van der Waals surface area contributed by atoms with E-state index in [-0.39, 0.29) is 10.3 Å². The first kappa shape index (κ1) is 27.1. The Bertz CT molecular complexity index is 1690. The van der Waals surface area contributed by atoms with Crippen LogP contribution in [0.4, 0.5) is 8.78 Å². The number of hydrogen-bond donors (Lipinski definition) is 0. The third-order valence-corrected chi connectivity index (χ3v) is 17.2. The van der Waals surface area contributed by atoms with Crippen LogP contribution in [0.5, 0.6) is 0 Å². The van der Waals surface area contributed by atoms with Crippen molar-refractivity contribution in [1.82, 2.24) is 0 Å². The molecule has 2 heterocycles. The predicted molar refractivity (Wildman–Crippen MR) is 171 cm³/mol. The minimum atomic E-state index is -1.73. The highest BCUT2D eigenvalue weighted by atomic mass is 32.1. The van der Waals surface area contributed by atoms with E-state index in [4.69, 9.17) is 0 Å². The van der Waals surface area contributed by atoms with Gasteiger partial charge in [0.05, 0.1) is 0 Å². The van der Waals surface area contributed by atoms with E-state index in [1.807, 2.05) is 0 Å². The Morgan fingerprint density at radius 2 is 1.11 bits per heavy atom. The first-order chi connectivity index (χ1) is 18.3. The fourth-order valence-electron chi connectivity index (χ4n) is 5.37. The lowest BCUT2D eigenvalue weighted by molar-refractivity contribution is 0.658. The quantitative estimate of drug-likeness (QED) is 0.111. The summed E-state index contributed by atoms with van der Waals surface area (Å²) in [5.74, 6) is 7.28. The largest absolute Gasteiger partial charge is 0.195 e. The molecular formula is C32H32F2S2Si2. The van der Waals surface area contributed by atoms with E-state index in [1.165, 1.54) is 22.7 Å². The molecule has 5 rings (SSSR count). The molecule has 0 aliphatic rings. The van der Waals surface area contributed by atoms with E-state index < -0.39 is 16.9 Å². The zero-order chi connectivity index (χ0) is 27.0. The van der Waals surface area contributed by atoms with Crippen molar-refractivity contribution < 1.29 is 8.78 Å². The maximum absolute atomic E-state index is 14.4. The van der Waals surface area contributed by atoms with Crippen molar-refractivity contribution in [2.24, 2.45) is 0 Å². The van der Waals surface area contributed by atoms with Crippen molar-refractivity contribution in [2.45, 2.75) is 64.8 Å². The van der Waals surface area contributed by atoms with E-state index in [1.54, 1.807) is 12.1 Å². The summed E-state index contributed by atoms with van der Waals surface area (Å²) in [7, 11) is -2.90. The van der Waals surface area contributed by atoms with Crippen LogP contribution >= 0.6 is 22.7 Å². The molecule has 0 fully saturated rings. The van der Waals surface area contributed by atoms with Crippen molar-refractivity contribution in [1.29, 1.82) is 0 Å². The van der Waals surface area contributed by atoms with Crippen molar-refractivity contribution in [3.63, 3.8) is 0 Å². The summed E-state index contributed by atoms with van der Waals surface area (Å²) in [4.78, 5) is 0. The predicted octanol–water partition coefficient (Wildman–Crippen LogP) is 10.3. The van der Waals surface area contributed by atoms with E-state index in [0.717, 1.165) is 83.1 Å². The molecule has 5 aromatic rings. The summed E-state index contributed by atoms with van der Waals surface area (Å²) in [6.07, 6.45) is 0. The normalized spacial score (nSPS) is 11.9. The van der Waals surface area contributed by atoms with Gasteiger partial charge in [0.2, 0.25) is 0 Å². The molecule has 3 aromatic carbocycles. The third-order valence-electron chi connectivity index (χ3n) is 8.20. The Hall–Kier alpha value is -2.49. The van der Waals surface area contributed by atoms with Crippen LogP contribution in [0.15, 0.2) is 36.4 Å². The second-order valence-corrected chi connectivity index (χ2v) is 20.4. The van der Waals surface area contributed by atoms with Gasteiger partial charge in [-0.3, -0.25) is 0 Å². The van der Waals surface area contributed by atoms with Gasteiger partial charge < -0.3 is 0 Å². The smallest absolute Gasteiger partial charge is 0.177 e. The monoisotopic (exact) mass is 574 g/mol. The summed E-state index contributed by atoms with van der Waals surface area (Å²) < 4.78 is 30.6. The summed E-state index contributed by atoms with van der Waals surface area (Å²) in [5.41, 5.74) is 9.38. The number of rotatable bonds is 5.